The molecule has 3 nitrogen and oxygen atoms in total. The van der Waals surface area contributed by atoms with Gasteiger partial charge in [-0.15, -0.1) is 12.1 Å². The maximum atomic E-state index is 5.68. The third-order valence-corrected chi connectivity index (χ3v) is 2.52. The molecule has 0 spiro atoms. The van der Waals surface area contributed by atoms with Crippen molar-refractivity contribution in [1.29, 1.82) is 0 Å². The summed E-state index contributed by atoms with van der Waals surface area (Å²) in [6.07, 6.45) is 0. The van der Waals surface area contributed by atoms with Crippen LogP contribution in [0, 0.1) is 6.07 Å². The summed E-state index contributed by atoms with van der Waals surface area (Å²) < 4.78 is 16.0. The second-order valence-electron chi connectivity index (χ2n) is 3.71. The van der Waals surface area contributed by atoms with Crippen LogP contribution in [0.25, 0.3) is 0 Å². The molecule has 2 aromatic carbocycles. The first-order chi connectivity index (χ1) is 8.83. The van der Waals surface area contributed by atoms with Crippen LogP contribution in [-0.2, 0) is 6.61 Å². The molecule has 19 heavy (non-hydrogen) atoms. The standard InChI is InChI=1S/C15H15O3.Li/c1-16-13-8-9-14(15(10-13)17-2)18-11-12-6-4-3-5-7-12;/h3-8,10H,11H2,1-2H3;/q-1;+1. The zero-order valence-electron chi connectivity index (χ0n) is 11.5. The molecule has 0 radical (unpaired) electrons. The molecular formula is C15H15LiO3. The van der Waals surface area contributed by atoms with Crippen molar-refractivity contribution >= 4 is 0 Å². The Hall–Kier alpha value is -1.56. The Labute approximate surface area is 125 Å². The summed E-state index contributed by atoms with van der Waals surface area (Å²) in [6, 6.07) is 16.5. The molecule has 0 saturated heterocycles. The minimum Gasteiger partial charge on any atom is -0.554 e. The molecule has 0 heterocycles. The number of benzene rings is 2. The number of ether oxygens (including phenoxy) is 3. The summed E-state index contributed by atoms with van der Waals surface area (Å²) in [6.45, 7) is 0.486. The summed E-state index contributed by atoms with van der Waals surface area (Å²) in [5, 5.41) is 0. The molecule has 94 valence electrons. The Balaban J connectivity index is 0.00000180. The molecular weight excluding hydrogens is 235 g/mol. The van der Waals surface area contributed by atoms with Crippen molar-refractivity contribution in [1.82, 2.24) is 0 Å². The Morgan fingerprint density at radius 3 is 2.42 bits per heavy atom. The topological polar surface area (TPSA) is 27.7 Å². The van der Waals surface area contributed by atoms with Crippen molar-refractivity contribution in [2.24, 2.45) is 0 Å². The molecule has 0 atom stereocenters. The van der Waals surface area contributed by atoms with Gasteiger partial charge in [0.25, 0.3) is 0 Å². The minimum absolute atomic E-state index is 0. The smallest absolute Gasteiger partial charge is 0.554 e. The van der Waals surface area contributed by atoms with Gasteiger partial charge in [0.05, 0.1) is 20.0 Å². The van der Waals surface area contributed by atoms with Gasteiger partial charge < -0.3 is 14.2 Å². The predicted octanol–water partition coefficient (Wildman–Crippen LogP) is 0.0870. The van der Waals surface area contributed by atoms with E-state index in [-0.39, 0.29) is 18.9 Å². The van der Waals surface area contributed by atoms with Crippen molar-refractivity contribution in [3.63, 3.8) is 0 Å². The fourth-order valence-corrected chi connectivity index (χ4v) is 1.56. The maximum Gasteiger partial charge on any atom is 1.00 e. The van der Waals surface area contributed by atoms with Crippen molar-refractivity contribution in [2.45, 2.75) is 6.61 Å². The van der Waals surface area contributed by atoms with E-state index in [1.165, 1.54) is 0 Å². The van der Waals surface area contributed by atoms with Gasteiger partial charge >= 0.3 is 18.9 Å². The van der Waals surface area contributed by atoms with E-state index >= 15 is 0 Å². The largest absolute Gasteiger partial charge is 1.00 e. The fourth-order valence-electron chi connectivity index (χ4n) is 1.56. The fraction of sp³-hybridized carbons (Fsp3) is 0.200. The molecule has 0 amide bonds. The van der Waals surface area contributed by atoms with Crippen LogP contribution in [0.3, 0.4) is 0 Å². The van der Waals surface area contributed by atoms with Gasteiger partial charge in [0.15, 0.2) is 0 Å². The van der Waals surface area contributed by atoms with E-state index in [1.54, 1.807) is 26.4 Å². The van der Waals surface area contributed by atoms with Crippen LogP contribution in [0.5, 0.6) is 17.2 Å². The van der Waals surface area contributed by atoms with Crippen LogP contribution in [0.4, 0.5) is 0 Å². The monoisotopic (exact) mass is 250 g/mol. The van der Waals surface area contributed by atoms with Crippen LogP contribution in [-0.4, -0.2) is 14.2 Å². The predicted molar refractivity (Wildman–Crippen MR) is 69.2 cm³/mol. The summed E-state index contributed by atoms with van der Waals surface area (Å²) in [5.41, 5.74) is 1.10. The second-order valence-corrected chi connectivity index (χ2v) is 3.71. The zero-order chi connectivity index (χ0) is 12.8. The molecule has 0 fully saturated rings. The normalized spacial score (nSPS) is 9.37. The van der Waals surface area contributed by atoms with Gasteiger partial charge in [-0.25, -0.2) is 0 Å². The second kappa shape index (κ2) is 7.78. The van der Waals surface area contributed by atoms with E-state index in [1.807, 2.05) is 30.3 Å². The number of hydrogen-bond donors (Lipinski definition) is 0. The maximum absolute atomic E-state index is 5.68. The van der Waals surface area contributed by atoms with Gasteiger partial charge in [-0.3, -0.25) is 0 Å². The molecule has 2 aromatic rings. The van der Waals surface area contributed by atoms with E-state index in [9.17, 15) is 0 Å². The molecule has 0 unspecified atom stereocenters. The Kier molecular flexibility index (Phi) is 6.35. The van der Waals surface area contributed by atoms with Gasteiger partial charge in [-0.05, 0) is 5.56 Å². The van der Waals surface area contributed by atoms with Crippen molar-refractivity contribution in [3.05, 3.63) is 54.1 Å². The van der Waals surface area contributed by atoms with E-state index < -0.39 is 0 Å². The van der Waals surface area contributed by atoms with E-state index in [0.29, 0.717) is 23.9 Å². The number of hydrogen-bond acceptors (Lipinski definition) is 3. The molecule has 0 N–H and O–H groups in total. The Morgan fingerprint density at radius 2 is 1.79 bits per heavy atom. The first-order valence-electron chi connectivity index (χ1n) is 5.64. The zero-order valence-corrected chi connectivity index (χ0v) is 11.5. The summed E-state index contributed by atoms with van der Waals surface area (Å²) in [5.74, 6) is 1.89. The van der Waals surface area contributed by atoms with Gasteiger partial charge in [0, 0.05) is 11.5 Å². The molecule has 0 aliphatic rings. The third-order valence-electron chi connectivity index (χ3n) is 2.52. The molecule has 0 saturated carbocycles. The summed E-state index contributed by atoms with van der Waals surface area (Å²) in [7, 11) is 3.20. The van der Waals surface area contributed by atoms with Crippen molar-refractivity contribution < 1.29 is 33.1 Å². The molecule has 4 heteroatoms. The quantitative estimate of drug-likeness (QED) is 0.556. The molecule has 2 rings (SSSR count). The Bertz CT molecular complexity index is 500. The average Bonchev–Trinajstić information content (AvgIpc) is 2.46. The van der Waals surface area contributed by atoms with Gasteiger partial charge in [0.2, 0.25) is 0 Å². The van der Waals surface area contributed by atoms with E-state index in [4.69, 9.17) is 14.2 Å². The van der Waals surface area contributed by atoms with Crippen LogP contribution in [0.2, 0.25) is 0 Å². The van der Waals surface area contributed by atoms with Crippen LogP contribution >= 0.6 is 0 Å². The SMILES string of the molecule is COc1c[c-]c(OCc2ccccc2)c(OC)c1.[Li+]. The van der Waals surface area contributed by atoms with E-state index in [0.717, 1.165) is 5.56 Å². The Morgan fingerprint density at radius 1 is 1.05 bits per heavy atom. The van der Waals surface area contributed by atoms with Crippen LogP contribution in [0.1, 0.15) is 5.56 Å². The molecule has 0 aromatic heterocycles. The summed E-state index contributed by atoms with van der Waals surface area (Å²) in [4.78, 5) is 0. The van der Waals surface area contributed by atoms with Crippen molar-refractivity contribution in [2.75, 3.05) is 14.2 Å². The van der Waals surface area contributed by atoms with Gasteiger partial charge in [0.1, 0.15) is 6.61 Å². The third kappa shape index (κ3) is 4.24. The van der Waals surface area contributed by atoms with Crippen LogP contribution < -0.4 is 33.1 Å². The first-order valence-corrected chi connectivity index (χ1v) is 5.64. The number of methoxy groups -OCH3 is 2. The molecule has 0 aliphatic heterocycles. The summed E-state index contributed by atoms with van der Waals surface area (Å²) >= 11 is 0. The van der Waals surface area contributed by atoms with E-state index in [2.05, 4.69) is 6.07 Å². The molecule has 0 bridgehead atoms. The van der Waals surface area contributed by atoms with Gasteiger partial charge in [-0.1, -0.05) is 36.4 Å². The average molecular weight is 250 g/mol. The van der Waals surface area contributed by atoms with Gasteiger partial charge in [-0.2, -0.15) is 0 Å². The number of rotatable bonds is 5. The molecule has 0 aliphatic carbocycles. The van der Waals surface area contributed by atoms with Crippen LogP contribution in [0.15, 0.2) is 42.5 Å². The van der Waals surface area contributed by atoms with Crippen molar-refractivity contribution in [3.8, 4) is 17.2 Å². The minimum atomic E-state index is 0. The first kappa shape index (κ1) is 15.5.